The largest absolute Gasteiger partial charge is 0.385 e. The van der Waals surface area contributed by atoms with Gasteiger partial charge in [-0.2, -0.15) is 0 Å². The molecule has 1 amide bonds. The van der Waals surface area contributed by atoms with E-state index in [9.17, 15) is 14.9 Å². The maximum Gasteiger partial charge on any atom is 0.282 e. The Morgan fingerprint density at radius 3 is 2.68 bits per heavy atom. The summed E-state index contributed by atoms with van der Waals surface area (Å²) in [5, 5.41) is 16.9. The number of nitro benzene ring substituents is 1. The number of anilines is 1. The van der Waals surface area contributed by atoms with Crippen molar-refractivity contribution in [2.45, 2.75) is 32.2 Å². The molecule has 0 saturated heterocycles. The van der Waals surface area contributed by atoms with Crippen molar-refractivity contribution in [3.63, 3.8) is 0 Å². The van der Waals surface area contributed by atoms with Gasteiger partial charge in [0, 0.05) is 23.8 Å². The molecule has 6 nitrogen and oxygen atoms in total. The predicted octanol–water partition coefficient (Wildman–Crippen LogP) is 2.31. The second-order valence-electron chi connectivity index (χ2n) is 5.03. The molecule has 1 aromatic carbocycles. The molecule has 0 heterocycles. The first-order valence-electron chi connectivity index (χ1n) is 6.30. The lowest BCUT2D eigenvalue weighted by molar-refractivity contribution is -0.385. The molecule has 1 fully saturated rings. The molecular formula is C13H17N3O3. The standard InChI is InChI=1S/C13H17N3O3/c1-3-14-9-4-5-11(16(18)19)10(8-9)12(17)15-13(2)6-7-13/h4-5,8,14H,3,6-7H2,1-2H3,(H,15,17). The second kappa shape index (κ2) is 4.87. The van der Waals surface area contributed by atoms with Gasteiger partial charge in [-0.1, -0.05) is 0 Å². The summed E-state index contributed by atoms with van der Waals surface area (Å²) in [4.78, 5) is 22.6. The van der Waals surface area contributed by atoms with Gasteiger partial charge in [0.1, 0.15) is 5.56 Å². The highest BCUT2D eigenvalue weighted by Gasteiger charge is 2.39. The Hall–Kier alpha value is -2.11. The summed E-state index contributed by atoms with van der Waals surface area (Å²) < 4.78 is 0. The third-order valence-electron chi connectivity index (χ3n) is 3.23. The van der Waals surface area contributed by atoms with E-state index in [4.69, 9.17) is 0 Å². The van der Waals surface area contributed by atoms with Crippen LogP contribution in [0.2, 0.25) is 0 Å². The van der Waals surface area contributed by atoms with Gasteiger partial charge < -0.3 is 10.6 Å². The van der Waals surface area contributed by atoms with Crippen LogP contribution in [0.1, 0.15) is 37.0 Å². The SMILES string of the molecule is CCNc1ccc([N+](=O)[O-])c(C(=O)NC2(C)CC2)c1. The van der Waals surface area contributed by atoms with Gasteiger partial charge in [0.15, 0.2) is 0 Å². The summed E-state index contributed by atoms with van der Waals surface area (Å²) in [5.74, 6) is -0.383. The number of hydrogen-bond acceptors (Lipinski definition) is 4. The number of amides is 1. The smallest absolute Gasteiger partial charge is 0.282 e. The maximum atomic E-state index is 12.1. The van der Waals surface area contributed by atoms with Gasteiger partial charge in [-0.25, -0.2) is 0 Å². The third-order valence-corrected chi connectivity index (χ3v) is 3.23. The quantitative estimate of drug-likeness (QED) is 0.630. The van der Waals surface area contributed by atoms with Crippen molar-refractivity contribution in [3.8, 4) is 0 Å². The highest BCUT2D eigenvalue weighted by molar-refractivity contribution is 5.99. The first-order chi connectivity index (χ1) is 8.95. The first-order valence-corrected chi connectivity index (χ1v) is 6.30. The number of nitrogens with one attached hydrogen (secondary N) is 2. The summed E-state index contributed by atoms with van der Waals surface area (Å²) in [5.41, 5.74) is 0.457. The summed E-state index contributed by atoms with van der Waals surface area (Å²) in [6.45, 7) is 4.55. The maximum absolute atomic E-state index is 12.1. The van der Waals surface area contributed by atoms with Gasteiger partial charge in [-0.3, -0.25) is 14.9 Å². The van der Waals surface area contributed by atoms with Gasteiger partial charge in [-0.15, -0.1) is 0 Å². The van der Waals surface area contributed by atoms with E-state index in [-0.39, 0.29) is 22.7 Å². The van der Waals surface area contributed by atoms with E-state index < -0.39 is 4.92 Å². The molecule has 2 rings (SSSR count). The highest BCUT2D eigenvalue weighted by Crippen LogP contribution is 2.35. The van der Waals surface area contributed by atoms with Crippen molar-refractivity contribution < 1.29 is 9.72 Å². The molecule has 19 heavy (non-hydrogen) atoms. The monoisotopic (exact) mass is 263 g/mol. The van der Waals surface area contributed by atoms with Gasteiger partial charge in [0.05, 0.1) is 4.92 Å². The highest BCUT2D eigenvalue weighted by atomic mass is 16.6. The zero-order valence-corrected chi connectivity index (χ0v) is 11.0. The number of benzene rings is 1. The number of carbonyl (C=O) groups is 1. The lowest BCUT2D eigenvalue weighted by atomic mass is 10.1. The third kappa shape index (κ3) is 3.01. The Balaban J connectivity index is 2.30. The van der Waals surface area contributed by atoms with Crippen molar-refractivity contribution in [2.24, 2.45) is 0 Å². The fourth-order valence-corrected chi connectivity index (χ4v) is 1.85. The van der Waals surface area contributed by atoms with Crippen LogP contribution in [0.25, 0.3) is 0 Å². The molecular weight excluding hydrogens is 246 g/mol. The summed E-state index contributed by atoms with van der Waals surface area (Å²) in [6.07, 6.45) is 1.83. The first kappa shape index (κ1) is 13.3. The molecule has 0 bridgehead atoms. The fraction of sp³-hybridized carbons (Fsp3) is 0.462. The Morgan fingerprint density at radius 1 is 1.47 bits per heavy atom. The minimum atomic E-state index is -0.528. The van der Waals surface area contributed by atoms with Crippen molar-refractivity contribution in [2.75, 3.05) is 11.9 Å². The molecule has 0 unspecified atom stereocenters. The minimum absolute atomic E-state index is 0.108. The molecule has 2 N–H and O–H groups in total. The number of carbonyl (C=O) groups excluding carboxylic acids is 1. The molecule has 1 saturated carbocycles. The van der Waals surface area contributed by atoms with Gasteiger partial charge in [-0.05, 0) is 38.8 Å². The van der Waals surface area contributed by atoms with E-state index >= 15 is 0 Å². The van der Waals surface area contributed by atoms with Gasteiger partial charge >= 0.3 is 0 Å². The second-order valence-corrected chi connectivity index (χ2v) is 5.03. The van der Waals surface area contributed by atoms with Crippen LogP contribution in [0.5, 0.6) is 0 Å². The Kier molecular flexibility index (Phi) is 3.42. The summed E-state index contributed by atoms with van der Waals surface area (Å²) in [7, 11) is 0. The summed E-state index contributed by atoms with van der Waals surface area (Å²) >= 11 is 0. The predicted molar refractivity (Wildman–Crippen MR) is 72.4 cm³/mol. The van der Waals surface area contributed by atoms with Gasteiger partial charge in [0.25, 0.3) is 11.6 Å². The van der Waals surface area contributed by atoms with E-state index in [1.54, 1.807) is 6.07 Å². The molecule has 0 aromatic heterocycles. The van der Waals surface area contributed by atoms with E-state index in [1.165, 1.54) is 12.1 Å². The van der Waals surface area contributed by atoms with Gasteiger partial charge in [0.2, 0.25) is 0 Å². The van der Waals surface area contributed by atoms with Crippen LogP contribution in [0.15, 0.2) is 18.2 Å². The van der Waals surface area contributed by atoms with Crippen molar-refractivity contribution in [1.82, 2.24) is 5.32 Å². The molecule has 0 aliphatic heterocycles. The summed E-state index contributed by atoms with van der Waals surface area (Å²) in [6, 6.07) is 4.50. The number of rotatable bonds is 5. The Morgan fingerprint density at radius 2 is 2.16 bits per heavy atom. The number of nitrogens with zero attached hydrogens (tertiary/aromatic N) is 1. The van der Waals surface area contributed by atoms with Crippen LogP contribution in [-0.2, 0) is 0 Å². The number of nitro groups is 1. The Bertz CT molecular complexity index is 524. The van der Waals surface area contributed by atoms with E-state index in [1.807, 2.05) is 13.8 Å². The van der Waals surface area contributed by atoms with Crippen molar-refractivity contribution in [3.05, 3.63) is 33.9 Å². The van der Waals surface area contributed by atoms with Crippen molar-refractivity contribution in [1.29, 1.82) is 0 Å². The van der Waals surface area contributed by atoms with Crippen molar-refractivity contribution >= 4 is 17.3 Å². The average Bonchev–Trinajstić information content (AvgIpc) is 3.06. The molecule has 0 spiro atoms. The van der Waals surface area contributed by atoms with Crippen LogP contribution in [0, 0.1) is 10.1 Å². The molecule has 0 atom stereocenters. The lowest BCUT2D eigenvalue weighted by Gasteiger charge is -2.12. The minimum Gasteiger partial charge on any atom is -0.385 e. The van der Waals surface area contributed by atoms with Crippen LogP contribution in [0.4, 0.5) is 11.4 Å². The van der Waals surface area contributed by atoms with E-state index in [2.05, 4.69) is 10.6 Å². The van der Waals surface area contributed by atoms with Crippen LogP contribution >= 0.6 is 0 Å². The normalized spacial score (nSPS) is 15.7. The van der Waals surface area contributed by atoms with E-state index in [0.717, 1.165) is 12.8 Å². The molecule has 0 radical (unpaired) electrons. The zero-order chi connectivity index (χ0) is 14.0. The van der Waals surface area contributed by atoms with Crippen LogP contribution in [0.3, 0.4) is 0 Å². The van der Waals surface area contributed by atoms with Crippen LogP contribution < -0.4 is 10.6 Å². The molecule has 6 heteroatoms. The molecule has 102 valence electrons. The average molecular weight is 263 g/mol. The van der Waals surface area contributed by atoms with Crippen LogP contribution in [-0.4, -0.2) is 22.9 Å². The fourth-order valence-electron chi connectivity index (χ4n) is 1.85. The van der Waals surface area contributed by atoms with E-state index in [0.29, 0.717) is 12.2 Å². The zero-order valence-electron chi connectivity index (χ0n) is 11.0. The Labute approximate surface area is 111 Å². The lowest BCUT2D eigenvalue weighted by Crippen LogP contribution is -2.34. The topological polar surface area (TPSA) is 84.3 Å². The molecule has 1 aliphatic rings. The molecule has 1 aromatic rings. The number of hydrogen-bond donors (Lipinski definition) is 2. The molecule has 1 aliphatic carbocycles.